The lowest BCUT2D eigenvalue weighted by Crippen LogP contribution is -2.40. The predicted molar refractivity (Wildman–Crippen MR) is 105 cm³/mol. The zero-order chi connectivity index (χ0) is 19.1. The van der Waals surface area contributed by atoms with Crippen LogP contribution in [0.25, 0.3) is 5.65 Å². The lowest BCUT2D eigenvalue weighted by atomic mass is 9.86. The van der Waals surface area contributed by atoms with E-state index in [9.17, 15) is 5.26 Å². The second-order valence-electron chi connectivity index (χ2n) is 7.96. The first-order valence-corrected chi connectivity index (χ1v) is 9.94. The maximum Gasteiger partial charge on any atom is 0.180 e. The zero-order valence-corrected chi connectivity index (χ0v) is 15.7. The van der Waals surface area contributed by atoms with E-state index in [1.807, 2.05) is 47.0 Å². The summed E-state index contributed by atoms with van der Waals surface area (Å²) in [6, 6.07) is 13.7. The molecule has 5 rings (SSSR count). The second kappa shape index (κ2) is 6.59. The van der Waals surface area contributed by atoms with Gasteiger partial charge in [0.25, 0.3) is 0 Å². The van der Waals surface area contributed by atoms with Crippen LogP contribution in [0.3, 0.4) is 0 Å². The Bertz CT molecular complexity index is 1040. The van der Waals surface area contributed by atoms with E-state index in [0.717, 1.165) is 23.5 Å². The number of pyridine rings is 1. The van der Waals surface area contributed by atoms with E-state index in [2.05, 4.69) is 21.2 Å². The molecular weight excluding hydrogens is 353 g/mol. The Morgan fingerprint density at radius 2 is 1.86 bits per heavy atom. The van der Waals surface area contributed by atoms with Crippen LogP contribution >= 0.6 is 0 Å². The lowest BCUT2D eigenvalue weighted by Gasteiger charge is -2.38. The number of benzene rings is 1. The van der Waals surface area contributed by atoms with Gasteiger partial charge in [-0.1, -0.05) is 30.3 Å². The third-order valence-electron chi connectivity index (χ3n) is 6.10. The first-order chi connectivity index (χ1) is 13.7. The molecule has 0 unspecified atom stereocenters. The molecule has 0 radical (unpaired) electrons. The summed E-state index contributed by atoms with van der Waals surface area (Å²) in [5, 5.41) is 18.4. The van der Waals surface area contributed by atoms with E-state index in [4.69, 9.17) is 0 Å². The van der Waals surface area contributed by atoms with Gasteiger partial charge in [-0.2, -0.15) is 5.26 Å². The van der Waals surface area contributed by atoms with Crippen LogP contribution in [0, 0.1) is 17.2 Å². The summed E-state index contributed by atoms with van der Waals surface area (Å²) in [6.45, 7) is 1.14. The van der Waals surface area contributed by atoms with Gasteiger partial charge in [-0.3, -0.25) is 4.40 Å². The van der Waals surface area contributed by atoms with Gasteiger partial charge in [-0.05, 0) is 30.4 Å². The summed E-state index contributed by atoms with van der Waals surface area (Å²) in [5.41, 5.74) is 1.41. The average Bonchev–Trinajstić information content (AvgIpc) is 3.47. The maximum atomic E-state index is 15.4. The molecule has 0 amide bonds. The minimum absolute atomic E-state index is 0.409. The molecule has 2 aromatic heterocycles. The summed E-state index contributed by atoms with van der Waals surface area (Å²) < 4.78 is 17.4. The van der Waals surface area contributed by atoms with Crippen molar-refractivity contribution in [2.24, 2.45) is 5.92 Å². The van der Waals surface area contributed by atoms with Crippen molar-refractivity contribution in [3.63, 3.8) is 0 Å². The van der Waals surface area contributed by atoms with Crippen molar-refractivity contribution >= 4 is 11.3 Å². The third-order valence-corrected chi connectivity index (χ3v) is 6.10. The third kappa shape index (κ3) is 2.91. The molecule has 5 nitrogen and oxygen atoms in total. The summed E-state index contributed by atoms with van der Waals surface area (Å²) in [5.74, 6) is 1.63. The Labute approximate surface area is 163 Å². The molecule has 3 heterocycles. The molecule has 2 aliphatic rings. The number of anilines is 1. The molecule has 0 N–H and O–H groups in total. The number of alkyl halides is 1. The number of fused-ring (bicyclic) bond motifs is 1. The molecular formula is C22H22FN5. The molecule has 1 saturated heterocycles. The molecule has 0 atom stereocenters. The largest absolute Gasteiger partial charge is 0.370 e. The summed E-state index contributed by atoms with van der Waals surface area (Å²) in [7, 11) is 0. The van der Waals surface area contributed by atoms with Gasteiger partial charge >= 0.3 is 0 Å². The molecule has 0 bridgehead atoms. The SMILES string of the molecule is N#Cc1c(N2CCC(F)(c3ccccc3)CC2)ccn2c(CC3CC3)nnc12. The molecule has 1 aliphatic carbocycles. The van der Waals surface area contributed by atoms with Crippen molar-refractivity contribution in [2.45, 2.75) is 37.8 Å². The van der Waals surface area contributed by atoms with E-state index in [-0.39, 0.29) is 0 Å². The normalized spacial score (nSPS) is 18.9. The average molecular weight is 375 g/mol. The monoisotopic (exact) mass is 375 g/mol. The van der Waals surface area contributed by atoms with Crippen molar-refractivity contribution in [3.8, 4) is 6.07 Å². The van der Waals surface area contributed by atoms with Crippen molar-refractivity contribution in [1.82, 2.24) is 14.6 Å². The quantitative estimate of drug-likeness (QED) is 0.691. The number of hydrogen-bond acceptors (Lipinski definition) is 4. The Morgan fingerprint density at radius 1 is 1.11 bits per heavy atom. The highest BCUT2D eigenvalue weighted by Gasteiger charge is 2.37. The fourth-order valence-electron chi connectivity index (χ4n) is 4.21. The van der Waals surface area contributed by atoms with Gasteiger partial charge in [-0.25, -0.2) is 4.39 Å². The molecule has 6 heteroatoms. The Kier molecular flexibility index (Phi) is 4.04. The molecule has 1 aliphatic heterocycles. The predicted octanol–water partition coefficient (Wildman–Crippen LogP) is 4.02. The minimum atomic E-state index is -1.30. The molecule has 2 fully saturated rings. The van der Waals surface area contributed by atoms with E-state index in [0.29, 0.717) is 43.1 Å². The first-order valence-electron chi connectivity index (χ1n) is 9.94. The Hall–Kier alpha value is -2.94. The minimum Gasteiger partial charge on any atom is -0.370 e. The van der Waals surface area contributed by atoms with Crippen molar-refractivity contribution < 1.29 is 4.39 Å². The van der Waals surface area contributed by atoms with Gasteiger partial charge in [0.1, 0.15) is 23.1 Å². The van der Waals surface area contributed by atoms with E-state index in [1.54, 1.807) is 0 Å². The topological polar surface area (TPSA) is 57.2 Å². The lowest BCUT2D eigenvalue weighted by molar-refractivity contribution is 0.125. The maximum absolute atomic E-state index is 15.4. The number of hydrogen-bond donors (Lipinski definition) is 0. The van der Waals surface area contributed by atoms with Crippen molar-refractivity contribution in [1.29, 1.82) is 5.26 Å². The summed E-state index contributed by atoms with van der Waals surface area (Å²) in [4.78, 5) is 2.11. The van der Waals surface area contributed by atoms with Crippen LogP contribution in [0.15, 0.2) is 42.6 Å². The highest BCUT2D eigenvalue weighted by Crippen LogP contribution is 2.39. The number of piperidine rings is 1. The zero-order valence-electron chi connectivity index (χ0n) is 15.7. The first kappa shape index (κ1) is 17.2. The van der Waals surface area contributed by atoms with Crippen molar-refractivity contribution in [2.75, 3.05) is 18.0 Å². The number of halogens is 1. The standard InChI is InChI=1S/C22H22FN5/c23-22(17-4-2-1-3-5-17)9-12-27(13-10-22)19-8-11-28-20(14-16-6-7-16)25-26-21(28)18(19)15-24/h1-5,8,11,16H,6-7,9-10,12-14H2. The van der Waals surface area contributed by atoms with Crippen LogP contribution in [0.1, 0.15) is 42.6 Å². The highest BCUT2D eigenvalue weighted by molar-refractivity contribution is 5.71. The van der Waals surface area contributed by atoms with Gasteiger partial charge in [0.05, 0.1) is 5.69 Å². The molecule has 142 valence electrons. The number of rotatable bonds is 4. The van der Waals surface area contributed by atoms with Gasteiger partial charge in [-0.15, -0.1) is 10.2 Å². The van der Waals surface area contributed by atoms with Crippen LogP contribution < -0.4 is 4.90 Å². The van der Waals surface area contributed by atoms with E-state index < -0.39 is 5.67 Å². The van der Waals surface area contributed by atoms with Gasteiger partial charge < -0.3 is 4.90 Å². The summed E-state index contributed by atoms with van der Waals surface area (Å²) >= 11 is 0. The van der Waals surface area contributed by atoms with Gasteiger partial charge in [0.15, 0.2) is 5.65 Å². The fraction of sp³-hybridized carbons (Fsp3) is 0.409. The fourth-order valence-corrected chi connectivity index (χ4v) is 4.21. The Morgan fingerprint density at radius 3 is 2.54 bits per heavy atom. The van der Waals surface area contributed by atoms with Crippen molar-refractivity contribution in [3.05, 3.63) is 59.5 Å². The molecule has 3 aromatic rings. The molecule has 28 heavy (non-hydrogen) atoms. The smallest absolute Gasteiger partial charge is 0.180 e. The molecule has 0 spiro atoms. The number of aromatic nitrogens is 3. The summed E-state index contributed by atoms with van der Waals surface area (Å²) in [6.07, 6.45) is 6.18. The number of nitriles is 1. The number of nitrogens with zero attached hydrogens (tertiary/aromatic N) is 5. The van der Waals surface area contributed by atoms with Crippen LogP contribution in [-0.4, -0.2) is 27.7 Å². The molecule has 1 saturated carbocycles. The second-order valence-corrected chi connectivity index (χ2v) is 7.96. The Balaban J connectivity index is 1.42. The van der Waals surface area contributed by atoms with Crippen LogP contribution in [0.2, 0.25) is 0 Å². The van der Waals surface area contributed by atoms with Crippen LogP contribution in [-0.2, 0) is 12.1 Å². The van der Waals surface area contributed by atoms with E-state index in [1.165, 1.54) is 12.8 Å². The van der Waals surface area contributed by atoms with Gasteiger partial charge in [0.2, 0.25) is 0 Å². The van der Waals surface area contributed by atoms with E-state index >= 15 is 4.39 Å². The van der Waals surface area contributed by atoms with Crippen LogP contribution in [0.4, 0.5) is 10.1 Å². The highest BCUT2D eigenvalue weighted by atomic mass is 19.1. The van der Waals surface area contributed by atoms with Gasteiger partial charge in [0, 0.05) is 38.5 Å². The van der Waals surface area contributed by atoms with Crippen LogP contribution in [0.5, 0.6) is 0 Å². The molecule has 1 aromatic carbocycles.